The summed E-state index contributed by atoms with van der Waals surface area (Å²) in [6.45, 7) is 1.97. The molecule has 0 aliphatic carbocycles. The number of thiazole rings is 1. The van der Waals surface area contributed by atoms with Gasteiger partial charge in [-0.1, -0.05) is 41.9 Å². The van der Waals surface area contributed by atoms with Crippen LogP contribution in [0.2, 0.25) is 4.47 Å². The Morgan fingerprint density at radius 1 is 1.24 bits per heavy atom. The van der Waals surface area contributed by atoms with Crippen LogP contribution in [0.15, 0.2) is 48.5 Å². The van der Waals surface area contributed by atoms with E-state index in [1.54, 1.807) is 6.07 Å². The second-order valence-corrected chi connectivity index (χ2v) is 6.37. The second-order valence-electron chi connectivity index (χ2n) is 4.76. The molecule has 0 saturated carbocycles. The maximum Gasteiger partial charge on any atom is 0.251 e. The van der Waals surface area contributed by atoms with E-state index in [0.717, 1.165) is 15.8 Å². The molecule has 0 bridgehead atoms. The molecule has 1 aromatic heterocycles. The number of benzene rings is 2. The molecule has 0 aliphatic rings. The molecule has 0 spiro atoms. The first-order valence-corrected chi connectivity index (χ1v) is 7.75. The molecule has 0 saturated heterocycles. The molecule has 106 valence electrons. The lowest BCUT2D eigenvalue weighted by molar-refractivity contribution is 0.0940. The topological polar surface area (TPSA) is 42.0 Å². The van der Waals surface area contributed by atoms with E-state index in [-0.39, 0.29) is 11.9 Å². The van der Waals surface area contributed by atoms with Gasteiger partial charge in [-0.25, -0.2) is 4.98 Å². The largest absolute Gasteiger partial charge is 0.346 e. The van der Waals surface area contributed by atoms with Crippen LogP contribution in [0.25, 0.3) is 10.2 Å². The quantitative estimate of drug-likeness (QED) is 0.776. The van der Waals surface area contributed by atoms with Crippen LogP contribution in [0, 0.1) is 0 Å². The van der Waals surface area contributed by atoms with E-state index in [4.69, 9.17) is 11.6 Å². The summed E-state index contributed by atoms with van der Waals surface area (Å²) >= 11 is 7.26. The van der Waals surface area contributed by atoms with E-state index in [1.165, 1.54) is 11.3 Å². The average molecular weight is 317 g/mol. The van der Waals surface area contributed by atoms with Crippen LogP contribution in [0.4, 0.5) is 0 Å². The molecule has 0 aliphatic heterocycles. The first-order chi connectivity index (χ1) is 10.1. The molecule has 21 heavy (non-hydrogen) atoms. The highest BCUT2D eigenvalue weighted by Gasteiger charge is 2.12. The molecule has 1 N–H and O–H groups in total. The maximum absolute atomic E-state index is 12.3. The number of rotatable bonds is 3. The van der Waals surface area contributed by atoms with Gasteiger partial charge in [0.2, 0.25) is 0 Å². The van der Waals surface area contributed by atoms with Crippen molar-refractivity contribution in [2.24, 2.45) is 0 Å². The third-order valence-corrected chi connectivity index (χ3v) is 4.39. The van der Waals surface area contributed by atoms with E-state index in [2.05, 4.69) is 10.3 Å². The minimum atomic E-state index is -0.0993. The Labute approximate surface area is 131 Å². The Morgan fingerprint density at radius 2 is 2.00 bits per heavy atom. The third-order valence-electron chi connectivity index (χ3n) is 3.27. The zero-order valence-electron chi connectivity index (χ0n) is 11.3. The Balaban J connectivity index is 1.80. The van der Waals surface area contributed by atoms with Crippen molar-refractivity contribution in [2.75, 3.05) is 0 Å². The lowest BCUT2D eigenvalue weighted by atomic mass is 10.1. The smallest absolute Gasteiger partial charge is 0.251 e. The van der Waals surface area contributed by atoms with Crippen molar-refractivity contribution in [2.45, 2.75) is 13.0 Å². The number of nitrogens with one attached hydrogen (secondary N) is 1. The van der Waals surface area contributed by atoms with Crippen LogP contribution in [0.3, 0.4) is 0 Å². The van der Waals surface area contributed by atoms with Crippen molar-refractivity contribution in [3.05, 3.63) is 64.1 Å². The van der Waals surface area contributed by atoms with Gasteiger partial charge in [0, 0.05) is 5.56 Å². The molecule has 2 aromatic carbocycles. The second kappa shape index (κ2) is 5.84. The third kappa shape index (κ3) is 3.06. The van der Waals surface area contributed by atoms with Gasteiger partial charge in [0.15, 0.2) is 4.47 Å². The molecule has 1 amide bonds. The number of amides is 1. The van der Waals surface area contributed by atoms with Gasteiger partial charge in [0.1, 0.15) is 0 Å². The molecule has 1 heterocycles. The summed E-state index contributed by atoms with van der Waals surface area (Å²) in [4.78, 5) is 16.5. The van der Waals surface area contributed by atoms with Gasteiger partial charge in [-0.2, -0.15) is 0 Å². The molecular weight excluding hydrogens is 304 g/mol. The zero-order valence-corrected chi connectivity index (χ0v) is 12.9. The summed E-state index contributed by atoms with van der Waals surface area (Å²) in [5.74, 6) is -0.0993. The van der Waals surface area contributed by atoms with Gasteiger partial charge in [0.05, 0.1) is 16.3 Å². The summed E-state index contributed by atoms with van der Waals surface area (Å²) in [7, 11) is 0. The van der Waals surface area contributed by atoms with E-state index in [1.807, 2.05) is 49.4 Å². The van der Waals surface area contributed by atoms with Crippen LogP contribution < -0.4 is 5.32 Å². The fourth-order valence-corrected chi connectivity index (χ4v) is 3.21. The fraction of sp³-hybridized carbons (Fsp3) is 0.125. The van der Waals surface area contributed by atoms with Gasteiger partial charge in [-0.05, 0) is 30.7 Å². The predicted molar refractivity (Wildman–Crippen MR) is 87.0 cm³/mol. The normalized spacial score (nSPS) is 12.3. The molecule has 3 rings (SSSR count). The van der Waals surface area contributed by atoms with Crippen molar-refractivity contribution >= 4 is 39.1 Å². The molecule has 0 radical (unpaired) electrons. The zero-order chi connectivity index (χ0) is 14.8. The van der Waals surface area contributed by atoms with E-state index < -0.39 is 0 Å². The Bertz CT molecular complexity index is 785. The molecule has 3 nitrogen and oxygen atoms in total. The highest BCUT2D eigenvalue weighted by molar-refractivity contribution is 7.22. The number of carbonyl (C=O) groups is 1. The summed E-state index contributed by atoms with van der Waals surface area (Å²) in [6, 6.07) is 15.2. The Kier molecular flexibility index (Phi) is 3.90. The van der Waals surface area contributed by atoms with E-state index >= 15 is 0 Å². The van der Waals surface area contributed by atoms with Crippen LogP contribution in [-0.4, -0.2) is 10.9 Å². The monoisotopic (exact) mass is 316 g/mol. The van der Waals surface area contributed by atoms with Crippen molar-refractivity contribution in [3.63, 3.8) is 0 Å². The van der Waals surface area contributed by atoms with Crippen LogP contribution in [0.5, 0.6) is 0 Å². The predicted octanol–water partition coefficient (Wildman–Crippen LogP) is 4.44. The van der Waals surface area contributed by atoms with Crippen molar-refractivity contribution in [3.8, 4) is 0 Å². The van der Waals surface area contributed by atoms with Gasteiger partial charge in [-0.3, -0.25) is 4.79 Å². The summed E-state index contributed by atoms with van der Waals surface area (Å²) < 4.78 is 1.40. The number of aromatic nitrogens is 1. The number of carbonyl (C=O) groups excluding carboxylic acids is 1. The van der Waals surface area contributed by atoms with Gasteiger partial charge in [-0.15, -0.1) is 11.3 Å². The number of nitrogens with zero attached hydrogens (tertiary/aromatic N) is 1. The molecule has 1 unspecified atom stereocenters. The molecule has 1 atom stereocenters. The van der Waals surface area contributed by atoms with Crippen LogP contribution in [0.1, 0.15) is 28.9 Å². The highest BCUT2D eigenvalue weighted by atomic mass is 35.5. The van der Waals surface area contributed by atoms with Crippen LogP contribution >= 0.6 is 22.9 Å². The first kappa shape index (κ1) is 14.0. The fourth-order valence-electron chi connectivity index (χ4n) is 2.14. The average Bonchev–Trinajstić information content (AvgIpc) is 2.87. The maximum atomic E-state index is 12.3. The summed E-state index contributed by atoms with van der Waals surface area (Å²) in [5, 5.41) is 3.00. The Hall–Kier alpha value is -1.91. The standard InChI is InChI=1S/C16H13ClN2OS/c1-10(11-5-3-2-4-6-11)18-15(20)12-7-8-13-14(9-12)21-16(17)19-13/h2-10H,1H3,(H,18,20). The highest BCUT2D eigenvalue weighted by Crippen LogP contribution is 2.26. The molecular formula is C16H13ClN2OS. The number of hydrogen-bond acceptors (Lipinski definition) is 3. The van der Waals surface area contributed by atoms with Crippen molar-refractivity contribution < 1.29 is 4.79 Å². The number of fused-ring (bicyclic) bond motifs is 1. The van der Waals surface area contributed by atoms with Crippen molar-refractivity contribution in [1.82, 2.24) is 10.3 Å². The number of halogens is 1. The van der Waals surface area contributed by atoms with E-state index in [9.17, 15) is 4.79 Å². The number of hydrogen-bond donors (Lipinski definition) is 1. The summed E-state index contributed by atoms with van der Waals surface area (Å²) in [6.07, 6.45) is 0. The molecule has 0 fully saturated rings. The minimum absolute atomic E-state index is 0.0422. The van der Waals surface area contributed by atoms with Gasteiger partial charge >= 0.3 is 0 Å². The molecule has 3 aromatic rings. The van der Waals surface area contributed by atoms with Gasteiger partial charge < -0.3 is 5.32 Å². The van der Waals surface area contributed by atoms with E-state index in [0.29, 0.717) is 10.0 Å². The van der Waals surface area contributed by atoms with Crippen LogP contribution in [-0.2, 0) is 0 Å². The minimum Gasteiger partial charge on any atom is -0.346 e. The lowest BCUT2D eigenvalue weighted by Crippen LogP contribution is -2.26. The van der Waals surface area contributed by atoms with Crippen molar-refractivity contribution in [1.29, 1.82) is 0 Å². The summed E-state index contributed by atoms with van der Waals surface area (Å²) in [5.41, 5.74) is 2.51. The lowest BCUT2D eigenvalue weighted by Gasteiger charge is -2.14. The SMILES string of the molecule is CC(NC(=O)c1ccc2nc(Cl)sc2c1)c1ccccc1. The molecule has 5 heteroatoms. The first-order valence-electron chi connectivity index (χ1n) is 6.55. The van der Waals surface area contributed by atoms with Gasteiger partial charge in [0.25, 0.3) is 5.91 Å². The Morgan fingerprint density at radius 3 is 2.76 bits per heavy atom.